The Labute approximate surface area is 94.2 Å². The van der Waals surface area contributed by atoms with E-state index in [1.54, 1.807) is 6.92 Å². The highest BCUT2D eigenvalue weighted by atomic mass is 16.5. The molecule has 0 fully saturated rings. The lowest BCUT2D eigenvalue weighted by molar-refractivity contribution is -0.130. The molecule has 0 aromatic heterocycles. The molecule has 0 radical (unpaired) electrons. The topological polar surface area (TPSA) is 26.3 Å². The van der Waals surface area contributed by atoms with Gasteiger partial charge in [0.2, 0.25) is 0 Å². The van der Waals surface area contributed by atoms with E-state index in [4.69, 9.17) is 4.65 Å². The first kappa shape index (κ1) is 14.3. The molecule has 3 heteroatoms. The zero-order chi connectivity index (χ0) is 11.7. The van der Waals surface area contributed by atoms with Crippen LogP contribution >= 0.6 is 0 Å². The molecule has 0 aromatic rings. The molecule has 2 nitrogen and oxygen atoms in total. The van der Waals surface area contributed by atoms with Crippen molar-refractivity contribution in [1.82, 2.24) is 0 Å². The Morgan fingerprint density at radius 1 is 1.20 bits per heavy atom. The minimum atomic E-state index is -0.243. The molecule has 0 saturated heterocycles. The van der Waals surface area contributed by atoms with Crippen LogP contribution in [0.3, 0.4) is 0 Å². The van der Waals surface area contributed by atoms with E-state index in [0.29, 0.717) is 5.57 Å². The van der Waals surface area contributed by atoms with E-state index >= 15 is 0 Å². The standard InChI is InChI=1S/C12H23BO2/c1-5-7-9-13(10-8-6-2)15-12(14)11(3)4/h3,5-10H2,1-2,4H3. The van der Waals surface area contributed by atoms with Gasteiger partial charge in [-0.15, -0.1) is 0 Å². The van der Waals surface area contributed by atoms with Gasteiger partial charge in [0, 0.05) is 5.57 Å². The molecule has 0 aliphatic rings. The highest BCUT2D eigenvalue weighted by molar-refractivity contribution is 6.54. The lowest BCUT2D eigenvalue weighted by Crippen LogP contribution is -2.22. The lowest BCUT2D eigenvalue weighted by atomic mass is 9.59. The number of unbranched alkanes of at least 4 members (excludes halogenated alkanes) is 2. The van der Waals surface area contributed by atoms with Crippen LogP contribution in [0.1, 0.15) is 46.5 Å². The van der Waals surface area contributed by atoms with Gasteiger partial charge in [0.05, 0.1) is 0 Å². The van der Waals surface area contributed by atoms with Crippen LogP contribution in [0.25, 0.3) is 0 Å². The Morgan fingerprint density at radius 3 is 2.00 bits per heavy atom. The molecular formula is C12H23BO2. The minimum absolute atomic E-state index is 0.0918. The van der Waals surface area contributed by atoms with E-state index in [9.17, 15) is 4.79 Å². The molecule has 86 valence electrons. The van der Waals surface area contributed by atoms with Crippen LogP contribution in [0.15, 0.2) is 12.2 Å². The minimum Gasteiger partial charge on any atom is -0.533 e. The van der Waals surface area contributed by atoms with Gasteiger partial charge in [0.1, 0.15) is 0 Å². The van der Waals surface area contributed by atoms with E-state index in [1.807, 2.05) is 0 Å². The maximum Gasteiger partial charge on any atom is 0.362 e. The van der Waals surface area contributed by atoms with Crippen LogP contribution in [-0.2, 0) is 9.45 Å². The smallest absolute Gasteiger partial charge is 0.362 e. The van der Waals surface area contributed by atoms with Crippen LogP contribution in [0.2, 0.25) is 12.6 Å². The number of hydrogen-bond donors (Lipinski definition) is 0. The molecule has 0 N–H and O–H groups in total. The third-order valence-corrected chi connectivity index (χ3v) is 2.38. The van der Waals surface area contributed by atoms with Crippen molar-refractivity contribution in [2.24, 2.45) is 0 Å². The molecule has 0 spiro atoms. The first-order valence-electron chi connectivity index (χ1n) is 5.98. The second-order valence-corrected chi connectivity index (χ2v) is 4.09. The second kappa shape index (κ2) is 8.57. The molecule has 0 heterocycles. The molecule has 0 saturated carbocycles. The fraction of sp³-hybridized carbons (Fsp3) is 0.750. The zero-order valence-electron chi connectivity index (χ0n) is 10.3. The van der Waals surface area contributed by atoms with Gasteiger partial charge in [-0.05, 0) is 19.6 Å². The molecule has 0 aliphatic heterocycles. The van der Waals surface area contributed by atoms with E-state index in [1.165, 1.54) is 0 Å². The Kier molecular flexibility index (Phi) is 8.16. The van der Waals surface area contributed by atoms with Gasteiger partial charge in [0.25, 0.3) is 0 Å². The highest BCUT2D eigenvalue weighted by Crippen LogP contribution is 2.12. The second-order valence-electron chi connectivity index (χ2n) is 4.09. The van der Waals surface area contributed by atoms with Gasteiger partial charge < -0.3 is 4.65 Å². The monoisotopic (exact) mass is 210 g/mol. The molecular weight excluding hydrogens is 187 g/mol. The van der Waals surface area contributed by atoms with E-state index in [0.717, 1.165) is 38.3 Å². The molecule has 0 bridgehead atoms. The molecule has 0 aliphatic carbocycles. The number of carbonyl (C=O) groups is 1. The Morgan fingerprint density at radius 2 is 1.67 bits per heavy atom. The lowest BCUT2D eigenvalue weighted by Gasteiger charge is -2.13. The van der Waals surface area contributed by atoms with Crippen molar-refractivity contribution in [3.05, 3.63) is 12.2 Å². The summed E-state index contributed by atoms with van der Waals surface area (Å²) in [4.78, 5) is 11.4. The van der Waals surface area contributed by atoms with Crippen molar-refractivity contribution >= 4 is 12.9 Å². The van der Waals surface area contributed by atoms with Crippen LogP contribution in [0.4, 0.5) is 0 Å². The van der Waals surface area contributed by atoms with Crippen molar-refractivity contribution in [3.63, 3.8) is 0 Å². The predicted octanol–water partition coefficient (Wildman–Crippen LogP) is 3.70. The largest absolute Gasteiger partial charge is 0.533 e. The normalized spacial score (nSPS) is 9.80. The summed E-state index contributed by atoms with van der Waals surface area (Å²) in [7, 11) is 0. The molecule has 0 atom stereocenters. The van der Waals surface area contributed by atoms with Gasteiger partial charge in [-0.1, -0.05) is 46.1 Å². The van der Waals surface area contributed by atoms with Crippen LogP contribution in [0.5, 0.6) is 0 Å². The molecule has 15 heavy (non-hydrogen) atoms. The van der Waals surface area contributed by atoms with Crippen LogP contribution < -0.4 is 0 Å². The summed E-state index contributed by atoms with van der Waals surface area (Å²) in [6, 6.07) is 0. The summed E-state index contributed by atoms with van der Waals surface area (Å²) >= 11 is 0. The first-order valence-corrected chi connectivity index (χ1v) is 5.98. The van der Waals surface area contributed by atoms with Crippen molar-refractivity contribution in [1.29, 1.82) is 0 Å². The number of hydrogen-bond acceptors (Lipinski definition) is 2. The van der Waals surface area contributed by atoms with E-state index in [-0.39, 0.29) is 12.9 Å². The summed E-state index contributed by atoms with van der Waals surface area (Å²) in [6.07, 6.45) is 6.50. The summed E-state index contributed by atoms with van der Waals surface area (Å²) in [5, 5.41) is 0. The third kappa shape index (κ3) is 7.23. The van der Waals surface area contributed by atoms with Crippen molar-refractivity contribution in [2.75, 3.05) is 0 Å². The molecule has 0 aromatic carbocycles. The van der Waals surface area contributed by atoms with Gasteiger partial charge in [-0.25, -0.2) is 4.79 Å². The molecule has 0 rings (SSSR count). The number of rotatable bonds is 8. The fourth-order valence-corrected chi connectivity index (χ4v) is 1.38. The Bertz CT molecular complexity index is 194. The summed E-state index contributed by atoms with van der Waals surface area (Å²) < 4.78 is 5.38. The Balaban J connectivity index is 3.98. The van der Waals surface area contributed by atoms with Gasteiger partial charge in [-0.3, -0.25) is 0 Å². The summed E-state index contributed by atoms with van der Waals surface area (Å²) in [6.45, 7) is 9.68. The molecule has 0 unspecified atom stereocenters. The van der Waals surface area contributed by atoms with E-state index < -0.39 is 0 Å². The van der Waals surface area contributed by atoms with Crippen LogP contribution in [0, 0.1) is 0 Å². The first-order chi connectivity index (χ1) is 7.11. The van der Waals surface area contributed by atoms with Crippen molar-refractivity contribution < 1.29 is 9.45 Å². The SMILES string of the molecule is C=C(C)C(=O)OB(CCCC)CCCC. The Hall–Kier alpha value is -0.725. The molecule has 0 amide bonds. The zero-order valence-corrected chi connectivity index (χ0v) is 10.3. The third-order valence-electron chi connectivity index (χ3n) is 2.38. The fourth-order valence-electron chi connectivity index (χ4n) is 1.38. The number of carbonyl (C=O) groups excluding carboxylic acids is 1. The van der Waals surface area contributed by atoms with Gasteiger partial charge in [-0.2, -0.15) is 0 Å². The van der Waals surface area contributed by atoms with Crippen molar-refractivity contribution in [2.45, 2.75) is 59.1 Å². The summed E-state index contributed by atoms with van der Waals surface area (Å²) in [5.74, 6) is -0.243. The summed E-state index contributed by atoms with van der Waals surface area (Å²) in [5.41, 5.74) is 0.494. The van der Waals surface area contributed by atoms with Gasteiger partial charge in [0.15, 0.2) is 0 Å². The van der Waals surface area contributed by atoms with Gasteiger partial charge >= 0.3 is 12.9 Å². The average molecular weight is 210 g/mol. The van der Waals surface area contributed by atoms with Crippen molar-refractivity contribution in [3.8, 4) is 0 Å². The van der Waals surface area contributed by atoms with Crippen LogP contribution in [-0.4, -0.2) is 12.9 Å². The predicted molar refractivity (Wildman–Crippen MR) is 66.1 cm³/mol. The van der Waals surface area contributed by atoms with E-state index in [2.05, 4.69) is 20.4 Å². The maximum absolute atomic E-state index is 11.4. The highest BCUT2D eigenvalue weighted by Gasteiger charge is 2.19. The quantitative estimate of drug-likeness (QED) is 0.451. The average Bonchev–Trinajstić information content (AvgIpc) is 2.21. The maximum atomic E-state index is 11.4.